The molecule has 1 saturated carbocycles. The van der Waals surface area contributed by atoms with E-state index < -0.39 is 16.4 Å². The predicted molar refractivity (Wildman–Crippen MR) is 65.8 cm³/mol. The predicted octanol–water partition coefficient (Wildman–Crippen LogP) is 2.14. The number of hydrogen-bond acceptors (Lipinski definition) is 4. The molecule has 0 radical (unpaired) electrons. The number of nitro groups is 1. The van der Waals surface area contributed by atoms with Crippen LogP contribution in [0.1, 0.15) is 23.2 Å². The molecule has 1 aliphatic carbocycles. The van der Waals surface area contributed by atoms with E-state index in [2.05, 4.69) is 21.2 Å². The van der Waals surface area contributed by atoms with Gasteiger partial charge in [-0.15, -0.1) is 0 Å². The minimum Gasteiger partial charge on any atom is -0.334 e. The maximum absolute atomic E-state index is 11.8. The molecule has 0 aliphatic heterocycles. The smallest absolute Gasteiger partial charge is 0.284 e. The van der Waals surface area contributed by atoms with Gasteiger partial charge in [0, 0.05) is 11.6 Å². The number of nitrogens with one attached hydrogen (secondary N) is 1. The van der Waals surface area contributed by atoms with Gasteiger partial charge in [-0.1, -0.05) is 0 Å². The van der Waals surface area contributed by atoms with E-state index in [1.54, 1.807) is 0 Å². The van der Waals surface area contributed by atoms with Crippen LogP contribution in [0.5, 0.6) is 0 Å². The van der Waals surface area contributed by atoms with Gasteiger partial charge in [-0.3, -0.25) is 14.9 Å². The zero-order valence-corrected chi connectivity index (χ0v) is 10.7. The van der Waals surface area contributed by atoms with Gasteiger partial charge >= 0.3 is 0 Å². The minimum atomic E-state index is -0.779. The van der Waals surface area contributed by atoms with Crippen LogP contribution in [0.4, 0.5) is 5.69 Å². The van der Waals surface area contributed by atoms with Gasteiger partial charge < -0.3 is 5.32 Å². The third kappa shape index (κ3) is 2.33. The summed E-state index contributed by atoms with van der Waals surface area (Å²) in [5.41, 5.74) is -0.783. The number of carbonyl (C=O) groups is 1. The Morgan fingerprint density at radius 1 is 1.56 bits per heavy atom. The van der Waals surface area contributed by atoms with Crippen molar-refractivity contribution in [3.8, 4) is 6.07 Å². The molecule has 1 aromatic carbocycles. The molecule has 2 rings (SSSR count). The summed E-state index contributed by atoms with van der Waals surface area (Å²) in [7, 11) is 0. The minimum absolute atomic E-state index is 0.173. The van der Waals surface area contributed by atoms with Crippen LogP contribution in [0.3, 0.4) is 0 Å². The molecule has 1 amide bonds. The van der Waals surface area contributed by atoms with Gasteiger partial charge in [0.15, 0.2) is 0 Å². The first-order chi connectivity index (χ1) is 8.47. The van der Waals surface area contributed by atoms with Crippen molar-refractivity contribution >= 4 is 27.5 Å². The van der Waals surface area contributed by atoms with Gasteiger partial charge in [0.05, 0.1) is 15.5 Å². The fourth-order valence-corrected chi connectivity index (χ4v) is 1.86. The van der Waals surface area contributed by atoms with E-state index in [0.29, 0.717) is 17.3 Å². The van der Waals surface area contributed by atoms with Crippen molar-refractivity contribution in [1.82, 2.24) is 5.32 Å². The Hall–Kier alpha value is -1.94. The van der Waals surface area contributed by atoms with Gasteiger partial charge in [-0.05, 0) is 40.9 Å². The second-order valence-electron chi connectivity index (χ2n) is 4.07. The number of nitrogens with zero attached hydrogens (tertiary/aromatic N) is 2. The Morgan fingerprint density at radius 3 is 2.72 bits per heavy atom. The third-order valence-electron chi connectivity index (χ3n) is 2.72. The molecule has 0 spiro atoms. The molecule has 0 heterocycles. The fraction of sp³-hybridized carbons (Fsp3) is 0.273. The summed E-state index contributed by atoms with van der Waals surface area (Å²) in [4.78, 5) is 22.0. The highest BCUT2D eigenvalue weighted by Crippen LogP contribution is 2.35. The maximum atomic E-state index is 11.8. The van der Waals surface area contributed by atoms with Crippen LogP contribution in [0.2, 0.25) is 0 Å². The van der Waals surface area contributed by atoms with E-state index >= 15 is 0 Å². The number of amides is 1. The van der Waals surface area contributed by atoms with Gasteiger partial charge in [-0.2, -0.15) is 5.26 Å². The normalized spacial score (nSPS) is 15.6. The molecule has 18 heavy (non-hydrogen) atoms. The Labute approximate surface area is 111 Å². The lowest BCUT2D eigenvalue weighted by Crippen LogP contribution is -2.35. The first-order valence-corrected chi connectivity index (χ1v) is 5.94. The lowest BCUT2D eigenvalue weighted by molar-refractivity contribution is -0.385. The Kier molecular flexibility index (Phi) is 3.05. The van der Waals surface area contributed by atoms with Crippen LogP contribution in [-0.4, -0.2) is 16.4 Å². The lowest BCUT2D eigenvalue weighted by Gasteiger charge is -2.09. The summed E-state index contributed by atoms with van der Waals surface area (Å²) >= 11 is 3.04. The first kappa shape index (κ1) is 12.5. The van der Waals surface area contributed by atoms with E-state index in [0.717, 1.165) is 0 Å². The first-order valence-electron chi connectivity index (χ1n) is 5.15. The number of halogens is 1. The summed E-state index contributed by atoms with van der Waals surface area (Å²) < 4.78 is 0.311. The van der Waals surface area contributed by atoms with Gasteiger partial charge in [0.25, 0.3) is 11.6 Å². The monoisotopic (exact) mass is 309 g/mol. The number of nitro benzene ring substituents is 1. The van der Waals surface area contributed by atoms with Gasteiger partial charge in [-0.25, -0.2) is 0 Å². The highest BCUT2D eigenvalue weighted by atomic mass is 79.9. The summed E-state index contributed by atoms with van der Waals surface area (Å²) in [6.07, 6.45) is 1.24. The molecule has 1 N–H and O–H groups in total. The van der Waals surface area contributed by atoms with E-state index in [1.165, 1.54) is 18.2 Å². The highest BCUT2D eigenvalue weighted by molar-refractivity contribution is 9.10. The maximum Gasteiger partial charge on any atom is 0.284 e. The molecule has 1 aromatic rings. The van der Waals surface area contributed by atoms with Crippen molar-refractivity contribution in [2.45, 2.75) is 18.4 Å². The van der Waals surface area contributed by atoms with Gasteiger partial charge in [0.2, 0.25) is 0 Å². The molecule has 0 saturated heterocycles. The van der Waals surface area contributed by atoms with Crippen molar-refractivity contribution in [3.63, 3.8) is 0 Å². The molecule has 1 fully saturated rings. The number of hydrogen-bond donors (Lipinski definition) is 1. The van der Waals surface area contributed by atoms with Crippen molar-refractivity contribution in [3.05, 3.63) is 38.3 Å². The van der Waals surface area contributed by atoms with Crippen molar-refractivity contribution in [2.75, 3.05) is 0 Å². The third-order valence-corrected chi connectivity index (χ3v) is 3.39. The van der Waals surface area contributed by atoms with Crippen LogP contribution < -0.4 is 5.32 Å². The number of carbonyl (C=O) groups excluding carboxylic acids is 1. The molecule has 7 heteroatoms. The van der Waals surface area contributed by atoms with E-state index in [9.17, 15) is 14.9 Å². The second kappa shape index (κ2) is 4.38. The van der Waals surface area contributed by atoms with Crippen LogP contribution in [-0.2, 0) is 0 Å². The number of benzene rings is 1. The Balaban J connectivity index is 2.24. The molecule has 1 aliphatic rings. The largest absolute Gasteiger partial charge is 0.334 e. The molecule has 0 bridgehead atoms. The standard InChI is InChI=1S/C11H8BrN3O3/c12-8-2-1-7(5-9(8)15(17)18)10(16)14-11(6-13)3-4-11/h1-2,5H,3-4H2,(H,14,16). The highest BCUT2D eigenvalue weighted by Gasteiger charge is 2.44. The van der Waals surface area contributed by atoms with E-state index in [-0.39, 0.29) is 11.3 Å². The Morgan fingerprint density at radius 2 is 2.22 bits per heavy atom. The summed E-state index contributed by atoms with van der Waals surface area (Å²) in [6.45, 7) is 0. The van der Waals surface area contributed by atoms with E-state index in [1.807, 2.05) is 6.07 Å². The number of rotatable bonds is 3. The fourth-order valence-electron chi connectivity index (χ4n) is 1.47. The summed E-state index contributed by atoms with van der Waals surface area (Å²) in [5.74, 6) is -0.468. The average molecular weight is 310 g/mol. The molecule has 0 aromatic heterocycles. The quantitative estimate of drug-likeness (QED) is 0.683. The number of nitriles is 1. The van der Waals surface area contributed by atoms with Crippen LogP contribution in [0.25, 0.3) is 0 Å². The SMILES string of the molecule is N#CC1(NC(=O)c2ccc(Br)c([N+](=O)[O-])c2)CC1. The van der Waals surface area contributed by atoms with Crippen LogP contribution in [0, 0.1) is 21.4 Å². The molecular weight excluding hydrogens is 302 g/mol. The van der Waals surface area contributed by atoms with E-state index in [4.69, 9.17) is 5.26 Å². The van der Waals surface area contributed by atoms with Gasteiger partial charge in [0.1, 0.15) is 5.54 Å². The van der Waals surface area contributed by atoms with Crippen LogP contribution >= 0.6 is 15.9 Å². The molecule has 0 unspecified atom stereocenters. The zero-order valence-electron chi connectivity index (χ0n) is 9.14. The molecule has 92 valence electrons. The van der Waals surface area contributed by atoms with Crippen LogP contribution in [0.15, 0.2) is 22.7 Å². The lowest BCUT2D eigenvalue weighted by atomic mass is 10.1. The molecule has 6 nitrogen and oxygen atoms in total. The molecular formula is C11H8BrN3O3. The van der Waals surface area contributed by atoms with Crippen molar-refractivity contribution in [1.29, 1.82) is 5.26 Å². The summed E-state index contributed by atoms with van der Waals surface area (Å²) in [5, 5.41) is 22.2. The average Bonchev–Trinajstić information content (AvgIpc) is 3.09. The molecule has 0 atom stereocenters. The van der Waals surface area contributed by atoms with Crippen molar-refractivity contribution in [2.24, 2.45) is 0 Å². The van der Waals surface area contributed by atoms with Crippen molar-refractivity contribution < 1.29 is 9.72 Å². The zero-order chi connectivity index (χ0) is 13.3. The Bertz CT molecular complexity index is 575. The second-order valence-corrected chi connectivity index (χ2v) is 4.93. The summed E-state index contributed by atoms with van der Waals surface area (Å²) in [6, 6.07) is 6.13. The topological polar surface area (TPSA) is 96.0 Å².